The first-order valence-electron chi connectivity index (χ1n) is 7.39. The molecule has 2 N–H and O–H groups in total. The van der Waals surface area contributed by atoms with E-state index in [0.717, 1.165) is 11.9 Å². The zero-order valence-electron chi connectivity index (χ0n) is 12.3. The Morgan fingerprint density at radius 2 is 2.00 bits per heavy atom. The van der Waals surface area contributed by atoms with Gasteiger partial charge in [0.25, 0.3) is 0 Å². The third-order valence-corrected chi connectivity index (χ3v) is 5.84. The minimum absolute atomic E-state index is 0.165. The number of thiazole rings is 1. The van der Waals surface area contributed by atoms with Crippen molar-refractivity contribution in [2.45, 2.75) is 43.7 Å². The molecule has 0 saturated heterocycles. The number of likely N-dealkylation sites (N-methyl/N-ethyl adjacent to an activating group) is 1. The van der Waals surface area contributed by atoms with Gasteiger partial charge in [0, 0.05) is 18.0 Å². The maximum absolute atomic E-state index is 6.59. The summed E-state index contributed by atoms with van der Waals surface area (Å²) in [6, 6.07) is 8.50. The average Bonchev–Trinajstić information content (AvgIpc) is 3.05. The summed E-state index contributed by atoms with van der Waals surface area (Å²) in [7, 11) is 4.34. The number of hydrogen-bond acceptors (Lipinski definition) is 4. The summed E-state index contributed by atoms with van der Waals surface area (Å²) in [6.45, 7) is 0. The Morgan fingerprint density at radius 3 is 2.65 bits per heavy atom. The van der Waals surface area contributed by atoms with Crippen molar-refractivity contribution in [3.63, 3.8) is 0 Å². The van der Waals surface area contributed by atoms with Gasteiger partial charge in [0.05, 0.1) is 15.2 Å². The minimum atomic E-state index is 0.165. The zero-order valence-corrected chi connectivity index (χ0v) is 13.1. The van der Waals surface area contributed by atoms with Gasteiger partial charge in [-0.25, -0.2) is 4.98 Å². The average molecular weight is 289 g/mol. The third-order valence-electron chi connectivity index (χ3n) is 4.78. The van der Waals surface area contributed by atoms with Crippen LogP contribution in [0.5, 0.6) is 0 Å². The SMILES string of the molecule is CN(C)C1(C(N)Cc2nc3ccccc3s2)CCCC1. The van der Waals surface area contributed by atoms with Crippen molar-refractivity contribution in [2.24, 2.45) is 5.73 Å². The summed E-state index contributed by atoms with van der Waals surface area (Å²) in [5.74, 6) is 0. The van der Waals surface area contributed by atoms with Gasteiger partial charge in [-0.15, -0.1) is 11.3 Å². The number of para-hydroxylation sites is 1. The number of aromatic nitrogens is 1. The third kappa shape index (κ3) is 2.36. The molecular weight excluding hydrogens is 266 g/mol. The second-order valence-electron chi connectivity index (χ2n) is 6.09. The summed E-state index contributed by atoms with van der Waals surface area (Å²) >= 11 is 1.79. The first kappa shape index (κ1) is 14.0. The van der Waals surface area contributed by atoms with Crippen molar-refractivity contribution in [3.8, 4) is 0 Å². The van der Waals surface area contributed by atoms with E-state index in [1.165, 1.54) is 35.4 Å². The van der Waals surface area contributed by atoms with E-state index in [9.17, 15) is 0 Å². The predicted molar refractivity (Wildman–Crippen MR) is 86.2 cm³/mol. The lowest BCUT2D eigenvalue weighted by Crippen LogP contribution is -2.56. The van der Waals surface area contributed by atoms with Crippen LogP contribution in [0.4, 0.5) is 0 Å². The monoisotopic (exact) mass is 289 g/mol. The van der Waals surface area contributed by atoms with E-state index in [1.807, 2.05) is 6.07 Å². The van der Waals surface area contributed by atoms with Gasteiger partial charge in [0.1, 0.15) is 0 Å². The number of benzene rings is 1. The largest absolute Gasteiger partial charge is 0.326 e. The van der Waals surface area contributed by atoms with Crippen LogP contribution in [0.25, 0.3) is 10.2 Å². The van der Waals surface area contributed by atoms with Crippen LogP contribution in [0.2, 0.25) is 0 Å². The quantitative estimate of drug-likeness (QED) is 0.940. The second kappa shape index (κ2) is 5.43. The summed E-state index contributed by atoms with van der Waals surface area (Å²) in [5, 5.41) is 1.17. The number of nitrogens with two attached hydrogens (primary N) is 1. The van der Waals surface area contributed by atoms with E-state index in [0.29, 0.717) is 0 Å². The minimum Gasteiger partial charge on any atom is -0.326 e. The maximum Gasteiger partial charge on any atom is 0.0954 e. The Morgan fingerprint density at radius 1 is 1.30 bits per heavy atom. The molecule has 0 radical (unpaired) electrons. The van der Waals surface area contributed by atoms with E-state index >= 15 is 0 Å². The Labute approximate surface area is 124 Å². The molecule has 1 aromatic heterocycles. The van der Waals surface area contributed by atoms with Crippen LogP contribution in [0.3, 0.4) is 0 Å². The fraction of sp³-hybridized carbons (Fsp3) is 0.562. The lowest BCUT2D eigenvalue weighted by Gasteiger charge is -2.41. The highest BCUT2D eigenvalue weighted by Crippen LogP contribution is 2.37. The standard InChI is InChI=1S/C16H23N3S/c1-19(2)16(9-5-6-10-16)14(17)11-15-18-12-7-3-4-8-13(12)20-15/h3-4,7-8,14H,5-6,9-11,17H2,1-2H3. The Kier molecular flexibility index (Phi) is 3.80. The maximum atomic E-state index is 6.59. The molecule has 0 spiro atoms. The highest BCUT2D eigenvalue weighted by atomic mass is 32.1. The van der Waals surface area contributed by atoms with E-state index in [2.05, 4.69) is 37.2 Å². The first-order valence-corrected chi connectivity index (χ1v) is 8.21. The Balaban J connectivity index is 1.82. The molecule has 1 fully saturated rings. The molecule has 108 valence electrons. The lowest BCUT2D eigenvalue weighted by atomic mass is 9.85. The molecule has 0 aliphatic heterocycles. The van der Waals surface area contributed by atoms with E-state index in [1.54, 1.807) is 11.3 Å². The molecular formula is C16H23N3S. The van der Waals surface area contributed by atoms with Crippen LogP contribution < -0.4 is 5.73 Å². The lowest BCUT2D eigenvalue weighted by molar-refractivity contribution is 0.123. The molecule has 1 saturated carbocycles. The van der Waals surface area contributed by atoms with Crippen LogP contribution >= 0.6 is 11.3 Å². The van der Waals surface area contributed by atoms with E-state index in [4.69, 9.17) is 10.7 Å². The highest BCUT2D eigenvalue weighted by molar-refractivity contribution is 7.18. The highest BCUT2D eigenvalue weighted by Gasteiger charge is 2.41. The molecule has 1 atom stereocenters. The molecule has 3 rings (SSSR count). The van der Waals surface area contributed by atoms with Crippen molar-refractivity contribution in [3.05, 3.63) is 29.3 Å². The van der Waals surface area contributed by atoms with Gasteiger partial charge in [0.2, 0.25) is 0 Å². The van der Waals surface area contributed by atoms with Gasteiger partial charge in [-0.05, 0) is 39.1 Å². The van der Waals surface area contributed by atoms with Crippen molar-refractivity contribution in [1.29, 1.82) is 0 Å². The predicted octanol–water partition coefficient (Wildman–Crippen LogP) is 3.04. The molecule has 1 aliphatic rings. The molecule has 3 nitrogen and oxygen atoms in total. The second-order valence-corrected chi connectivity index (χ2v) is 7.21. The summed E-state index contributed by atoms with van der Waals surface area (Å²) in [6.07, 6.45) is 5.91. The zero-order chi connectivity index (χ0) is 14.2. The molecule has 20 heavy (non-hydrogen) atoms. The molecule has 0 amide bonds. The van der Waals surface area contributed by atoms with Crippen LogP contribution in [-0.2, 0) is 6.42 Å². The fourth-order valence-electron chi connectivity index (χ4n) is 3.52. The number of nitrogens with zero attached hydrogens (tertiary/aromatic N) is 2. The fourth-order valence-corrected chi connectivity index (χ4v) is 4.55. The Bertz CT molecular complexity index is 551. The van der Waals surface area contributed by atoms with Gasteiger partial charge in [0.15, 0.2) is 0 Å². The van der Waals surface area contributed by atoms with E-state index < -0.39 is 0 Å². The first-order chi connectivity index (χ1) is 9.62. The molecule has 0 bridgehead atoms. The molecule has 1 aromatic carbocycles. The van der Waals surface area contributed by atoms with Gasteiger partial charge in [-0.2, -0.15) is 0 Å². The van der Waals surface area contributed by atoms with E-state index in [-0.39, 0.29) is 11.6 Å². The van der Waals surface area contributed by atoms with Gasteiger partial charge in [-0.3, -0.25) is 0 Å². The number of rotatable bonds is 4. The van der Waals surface area contributed by atoms with Crippen molar-refractivity contribution < 1.29 is 0 Å². The van der Waals surface area contributed by atoms with Crippen molar-refractivity contribution in [2.75, 3.05) is 14.1 Å². The van der Waals surface area contributed by atoms with Gasteiger partial charge >= 0.3 is 0 Å². The van der Waals surface area contributed by atoms with Crippen molar-refractivity contribution in [1.82, 2.24) is 9.88 Å². The van der Waals surface area contributed by atoms with Crippen LogP contribution in [0.15, 0.2) is 24.3 Å². The number of fused-ring (bicyclic) bond motifs is 1. The summed E-state index contributed by atoms with van der Waals surface area (Å²) in [4.78, 5) is 7.08. The Hall–Kier alpha value is -0.970. The smallest absolute Gasteiger partial charge is 0.0954 e. The van der Waals surface area contributed by atoms with Gasteiger partial charge < -0.3 is 10.6 Å². The van der Waals surface area contributed by atoms with Gasteiger partial charge in [-0.1, -0.05) is 25.0 Å². The summed E-state index contributed by atoms with van der Waals surface area (Å²) in [5.41, 5.74) is 7.86. The molecule has 1 aliphatic carbocycles. The van der Waals surface area contributed by atoms with Crippen LogP contribution in [0, 0.1) is 0 Å². The molecule has 1 unspecified atom stereocenters. The number of hydrogen-bond donors (Lipinski definition) is 1. The molecule has 4 heteroatoms. The van der Waals surface area contributed by atoms with Crippen LogP contribution in [0.1, 0.15) is 30.7 Å². The molecule has 2 aromatic rings. The van der Waals surface area contributed by atoms with Crippen LogP contribution in [-0.4, -0.2) is 35.6 Å². The molecule has 1 heterocycles. The van der Waals surface area contributed by atoms with Crippen molar-refractivity contribution >= 4 is 21.6 Å². The summed E-state index contributed by atoms with van der Waals surface area (Å²) < 4.78 is 1.26. The topological polar surface area (TPSA) is 42.1 Å². The normalized spacial score (nSPS) is 19.8.